The molecule has 0 unspecified atom stereocenters. The second-order valence-corrected chi connectivity index (χ2v) is 9.78. The lowest BCUT2D eigenvalue weighted by Crippen LogP contribution is -2.57. The predicted molar refractivity (Wildman–Crippen MR) is 142 cm³/mol. The van der Waals surface area contributed by atoms with Crippen LogP contribution in [0.3, 0.4) is 0 Å². The highest BCUT2D eigenvalue weighted by molar-refractivity contribution is 5.87. The molecule has 4 aromatic heterocycles. The van der Waals surface area contributed by atoms with E-state index in [1.165, 1.54) is 0 Å². The summed E-state index contributed by atoms with van der Waals surface area (Å²) < 4.78 is 6.51. The molecule has 0 aliphatic carbocycles. The Morgan fingerprint density at radius 1 is 0.703 bits per heavy atom. The first kappa shape index (κ1) is 20.4. The van der Waals surface area contributed by atoms with E-state index < -0.39 is 0 Å². The number of anilines is 2. The number of aromatic amines is 2. The smallest absolute Gasteiger partial charge is 0.178 e. The average Bonchev–Trinajstić information content (AvgIpc) is 3.58. The van der Waals surface area contributed by atoms with E-state index in [2.05, 4.69) is 73.6 Å². The Kier molecular flexibility index (Phi) is 4.21. The first-order valence-corrected chi connectivity index (χ1v) is 12.2. The quantitative estimate of drug-likeness (QED) is 0.358. The summed E-state index contributed by atoms with van der Waals surface area (Å²) in [4.78, 5) is 14.3. The van der Waals surface area contributed by atoms with E-state index in [-0.39, 0.29) is 6.04 Å². The normalized spacial score (nSPS) is 15.4. The lowest BCUT2D eigenvalue weighted by Gasteiger charge is -2.45. The maximum absolute atomic E-state index is 6.51. The number of benzene rings is 2. The highest BCUT2D eigenvalue weighted by Gasteiger charge is 2.38. The second-order valence-electron chi connectivity index (χ2n) is 9.78. The Hall–Kier alpha value is -4.76. The summed E-state index contributed by atoms with van der Waals surface area (Å²) in [6.07, 6.45) is 7.50. The number of H-pyrrole nitrogens is 2. The van der Waals surface area contributed by atoms with E-state index in [4.69, 9.17) is 14.7 Å². The minimum absolute atomic E-state index is 0.285. The van der Waals surface area contributed by atoms with Crippen molar-refractivity contribution < 1.29 is 4.74 Å². The first-order chi connectivity index (χ1) is 18.2. The van der Waals surface area contributed by atoms with Crippen LogP contribution >= 0.6 is 0 Å². The first-order valence-electron chi connectivity index (χ1n) is 12.2. The summed E-state index contributed by atoms with van der Waals surface area (Å²) in [6.45, 7) is 1.89. The van der Waals surface area contributed by atoms with Gasteiger partial charge in [0.25, 0.3) is 0 Å². The molecule has 2 aliphatic heterocycles. The summed E-state index contributed by atoms with van der Waals surface area (Å²) in [5.41, 5.74) is 6.12. The zero-order chi connectivity index (χ0) is 24.5. The number of rotatable bonds is 3. The van der Waals surface area contributed by atoms with Crippen molar-refractivity contribution in [2.45, 2.75) is 6.04 Å². The Morgan fingerprint density at radius 3 is 1.76 bits per heavy atom. The van der Waals surface area contributed by atoms with Crippen molar-refractivity contribution in [1.29, 1.82) is 0 Å². The Morgan fingerprint density at radius 2 is 1.24 bits per heavy atom. The SMILES string of the molecule is CN1CC(N2c3ncc(-c4ccc5[nH]ncc5c4)cc3Oc3cc(-c4ccc5[nH]ncc5c4)cnc32)C1. The summed E-state index contributed by atoms with van der Waals surface area (Å²) in [5.74, 6) is 3.07. The van der Waals surface area contributed by atoms with Crippen molar-refractivity contribution >= 4 is 33.4 Å². The van der Waals surface area contributed by atoms with Crippen molar-refractivity contribution in [3.8, 4) is 33.8 Å². The fourth-order valence-electron chi connectivity index (χ4n) is 5.34. The van der Waals surface area contributed by atoms with Gasteiger partial charge in [-0.05, 0) is 54.6 Å². The van der Waals surface area contributed by atoms with E-state index in [0.29, 0.717) is 0 Å². The molecule has 1 fully saturated rings. The molecule has 0 spiro atoms. The lowest BCUT2D eigenvalue weighted by atomic mass is 10.0. The van der Waals surface area contributed by atoms with Gasteiger partial charge >= 0.3 is 0 Å². The number of pyridine rings is 2. The van der Waals surface area contributed by atoms with Gasteiger partial charge in [0.15, 0.2) is 23.1 Å². The van der Waals surface area contributed by atoms with Gasteiger partial charge < -0.3 is 9.64 Å². The van der Waals surface area contributed by atoms with Gasteiger partial charge in [-0.25, -0.2) is 9.97 Å². The van der Waals surface area contributed by atoms with E-state index in [1.807, 2.05) is 36.9 Å². The molecular formula is C28H22N8O. The van der Waals surface area contributed by atoms with Crippen LogP contribution in [0.2, 0.25) is 0 Å². The number of aromatic nitrogens is 6. The summed E-state index contributed by atoms with van der Waals surface area (Å²) in [7, 11) is 2.13. The van der Waals surface area contributed by atoms with Gasteiger partial charge in [-0.15, -0.1) is 0 Å². The van der Waals surface area contributed by atoms with Gasteiger partial charge in [0.1, 0.15) is 0 Å². The zero-order valence-electron chi connectivity index (χ0n) is 20.0. The van der Waals surface area contributed by atoms with E-state index in [9.17, 15) is 0 Å². The van der Waals surface area contributed by atoms with E-state index in [0.717, 1.165) is 80.3 Å². The number of fused-ring (bicyclic) bond motifs is 4. The van der Waals surface area contributed by atoms with Crippen LogP contribution < -0.4 is 9.64 Å². The largest absolute Gasteiger partial charge is 0.450 e. The monoisotopic (exact) mass is 486 g/mol. The molecule has 0 atom stereocenters. The van der Waals surface area contributed by atoms with Gasteiger partial charge in [-0.3, -0.25) is 15.1 Å². The molecule has 0 saturated carbocycles. The van der Waals surface area contributed by atoms with Crippen LogP contribution in [-0.4, -0.2) is 61.4 Å². The number of hydrogen-bond acceptors (Lipinski definition) is 7. The molecule has 0 radical (unpaired) electrons. The Labute approximate surface area is 211 Å². The highest BCUT2D eigenvalue weighted by Crippen LogP contribution is 2.48. The molecule has 8 rings (SSSR count). The van der Waals surface area contributed by atoms with Crippen molar-refractivity contribution in [1.82, 2.24) is 35.3 Å². The molecule has 0 amide bonds. The van der Waals surface area contributed by atoms with Crippen molar-refractivity contribution in [2.75, 3.05) is 25.0 Å². The fraction of sp³-hybridized carbons (Fsp3) is 0.143. The summed E-state index contributed by atoms with van der Waals surface area (Å²) in [6, 6.07) is 16.9. The molecule has 6 heterocycles. The summed E-state index contributed by atoms with van der Waals surface area (Å²) in [5, 5.41) is 16.4. The molecular weight excluding hydrogens is 464 g/mol. The van der Waals surface area contributed by atoms with Crippen molar-refractivity contribution in [2.24, 2.45) is 0 Å². The van der Waals surface area contributed by atoms with Crippen LogP contribution in [0.25, 0.3) is 44.1 Å². The fourth-order valence-corrected chi connectivity index (χ4v) is 5.34. The van der Waals surface area contributed by atoms with Crippen LogP contribution in [0.5, 0.6) is 11.5 Å². The Balaban J connectivity index is 1.23. The Bertz CT molecular complexity index is 1690. The molecule has 0 bridgehead atoms. The van der Waals surface area contributed by atoms with Gasteiger partial charge in [-0.2, -0.15) is 10.2 Å². The van der Waals surface area contributed by atoms with Gasteiger partial charge in [0.2, 0.25) is 0 Å². The van der Waals surface area contributed by atoms with Crippen LogP contribution in [0, 0.1) is 0 Å². The molecule has 1 saturated heterocycles. The van der Waals surface area contributed by atoms with Crippen LogP contribution in [0.1, 0.15) is 0 Å². The molecule has 2 aromatic carbocycles. The molecule has 2 aliphatic rings. The molecule has 37 heavy (non-hydrogen) atoms. The number of nitrogens with zero attached hydrogens (tertiary/aromatic N) is 6. The predicted octanol–water partition coefficient (Wildman–Crippen LogP) is 5.12. The van der Waals surface area contributed by atoms with Crippen LogP contribution in [0.15, 0.2) is 73.3 Å². The molecule has 180 valence electrons. The van der Waals surface area contributed by atoms with Crippen LogP contribution in [-0.2, 0) is 0 Å². The van der Waals surface area contributed by atoms with Crippen LogP contribution in [0.4, 0.5) is 11.6 Å². The van der Waals surface area contributed by atoms with Gasteiger partial charge in [0, 0.05) is 47.4 Å². The third-order valence-electron chi connectivity index (χ3n) is 7.30. The number of hydrogen-bond donors (Lipinski definition) is 2. The van der Waals surface area contributed by atoms with Gasteiger partial charge in [-0.1, -0.05) is 12.1 Å². The minimum atomic E-state index is 0.285. The van der Waals surface area contributed by atoms with Gasteiger partial charge in [0.05, 0.1) is 29.5 Å². The zero-order valence-corrected chi connectivity index (χ0v) is 20.0. The highest BCUT2D eigenvalue weighted by atomic mass is 16.5. The maximum Gasteiger partial charge on any atom is 0.178 e. The maximum atomic E-state index is 6.51. The number of likely N-dealkylation sites (N-methyl/N-ethyl adjacent to an activating group) is 1. The minimum Gasteiger partial charge on any atom is -0.450 e. The topological polar surface area (TPSA) is 98.8 Å². The third kappa shape index (κ3) is 3.21. The van der Waals surface area contributed by atoms with Crippen molar-refractivity contribution in [3.05, 3.63) is 73.3 Å². The number of nitrogens with one attached hydrogen (secondary N) is 2. The van der Waals surface area contributed by atoms with Crippen molar-refractivity contribution in [3.63, 3.8) is 0 Å². The van der Waals surface area contributed by atoms with E-state index in [1.54, 1.807) is 0 Å². The average molecular weight is 487 g/mol. The molecule has 9 heteroatoms. The number of ether oxygens (including phenoxy) is 1. The summed E-state index contributed by atoms with van der Waals surface area (Å²) >= 11 is 0. The third-order valence-corrected chi connectivity index (χ3v) is 7.30. The second kappa shape index (κ2) is 7.62. The molecule has 2 N–H and O–H groups in total. The standard InChI is InChI=1S/C28H22N8O/c1-35-14-22(15-35)36-27-25(8-18(10-29-27)16-2-4-23-20(6-16)12-31-33-23)37-26-9-19(11-30-28(26)36)17-3-5-24-21(7-17)13-32-34-24/h2-13,22H,14-15H2,1H3,(H,31,33)(H,32,34). The molecule has 9 nitrogen and oxygen atoms in total. The lowest BCUT2D eigenvalue weighted by molar-refractivity contribution is 0.188. The van der Waals surface area contributed by atoms with E-state index >= 15 is 0 Å². The number of likely N-dealkylation sites (tertiary alicyclic amines) is 1. The molecule has 6 aromatic rings.